The molecule has 126 valence electrons. The molecular weight excluding hydrogens is 300 g/mol. The molecule has 1 saturated heterocycles. The first-order valence-electron chi connectivity index (χ1n) is 8.64. The highest BCUT2D eigenvalue weighted by molar-refractivity contribution is 5.93. The molecule has 2 heterocycles. The fourth-order valence-corrected chi connectivity index (χ4v) is 3.14. The maximum atomic E-state index is 12.7. The van der Waals surface area contributed by atoms with Crippen molar-refractivity contribution in [3.63, 3.8) is 0 Å². The van der Waals surface area contributed by atoms with Crippen LogP contribution in [0.25, 0.3) is 0 Å². The van der Waals surface area contributed by atoms with E-state index in [1.54, 1.807) is 0 Å². The van der Waals surface area contributed by atoms with Gasteiger partial charge in [0.2, 0.25) is 0 Å². The van der Waals surface area contributed by atoms with Gasteiger partial charge in [0.1, 0.15) is 17.8 Å². The lowest BCUT2D eigenvalue weighted by Crippen LogP contribution is -2.36. The molecule has 1 aromatic heterocycles. The molecular formula is C19H24N4O. The summed E-state index contributed by atoms with van der Waals surface area (Å²) in [7, 11) is 0. The third kappa shape index (κ3) is 3.55. The fourth-order valence-electron chi connectivity index (χ4n) is 3.14. The Balaban J connectivity index is 1.87. The van der Waals surface area contributed by atoms with Crippen molar-refractivity contribution in [1.82, 2.24) is 14.9 Å². The Kier molecular flexibility index (Phi) is 5.08. The Labute approximate surface area is 143 Å². The van der Waals surface area contributed by atoms with Crippen molar-refractivity contribution in [3.8, 4) is 0 Å². The molecule has 0 radical (unpaired) electrons. The minimum atomic E-state index is 0.0126. The Morgan fingerprint density at radius 2 is 1.96 bits per heavy atom. The van der Waals surface area contributed by atoms with Crippen LogP contribution >= 0.6 is 0 Å². The summed E-state index contributed by atoms with van der Waals surface area (Å²) >= 11 is 0. The standard InChI is InChI=1S/C19H24N4O/c1-3-23(16-9-7-8-15(2)12-16)18-13-17(20-14-21-18)19(24)22-10-5-4-6-11-22/h7-9,12-14H,3-6,10-11H2,1-2H3. The minimum Gasteiger partial charge on any atom is -0.337 e. The molecule has 24 heavy (non-hydrogen) atoms. The maximum Gasteiger partial charge on any atom is 0.272 e. The molecule has 1 aliphatic heterocycles. The predicted octanol–water partition coefficient (Wildman–Crippen LogP) is 3.57. The molecule has 1 amide bonds. The first kappa shape index (κ1) is 16.4. The van der Waals surface area contributed by atoms with Gasteiger partial charge < -0.3 is 9.80 Å². The quantitative estimate of drug-likeness (QED) is 0.863. The van der Waals surface area contributed by atoms with E-state index in [-0.39, 0.29) is 5.91 Å². The van der Waals surface area contributed by atoms with Crippen LogP contribution in [0.3, 0.4) is 0 Å². The summed E-state index contributed by atoms with van der Waals surface area (Å²) in [4.78, 5) is 25.3. The second kappa shape index (κ2) is 7.43. The number of likely N-dealkylation sites (tertiary alicyclic amines) is 1. The van der Waals surface area contributed by atoms with Crippen LogP contribution in [-0.2, 0) is 0 Å². The third-order valence-electron chi connectivity index (χ3n) is 4.42. The van der Waals surface area contributed by atoms with Crippen LogP contribution in [0.5, 0.6) is 0 Å². The highest BCUT2D eigenvalue weighted by atomic mass is 16.2. The van der Waals surface area contributed by atoms with Gasteiger partial charge in [0.25, 0.3) is 5.91 Å². The van der Waals surface area contributed by atoms with Gasteiger partial charge in [-0.3, -0.25) is 4.79 Å². The van der Waals surface area contributed by atoms with Gasteiger partial charge in [-0.05, 0) is 50.8 Å². The summed E-state index contributed by atoms with van der Waals surface area (Å²) in [6.45, 7) is 6.58. The van der Waals surface area contributed by atoms with E-state index in [0.717, 1.165) is 44.0 Å². The number of rotatable bonds is 4. The number of amides is 1. The largest absolute Gasteiger partial charge is 0.337 e. The van der Waals surface area contributed by atoms with E-state index >= 15 is 0 Å². The predicted molar refractivity (Wildman–Crippen MR) is 95.6 cm³/mol. The van der Waals surface area contributed by atoms with Gasteiger partial charge in [0.05, 0.1) is 0 Å². The Morgan fingerprint density at radius 1 is 1.17 bits per heavy atom. The first-order chi connectivity index (χ1) is 11.7. The summed E-state index contributed by atoms with van der Waals surface area (Å²) in [6.07, 6.45) is 4.85. The third-order valence-corrected chi connectivity index (χ3v) is 4.42. The average molecular weight is 324 g/mol. The second-order valence-corrected chi connectivity index (χ2v) is 6.20. The van der Waals surface area contributed by atoms with Crippen molar-refractivity contribution in [2.24, 2.45) is 0 Å². The van der Waals surface area contributed by atoms with Crippen LogP contribution in [0.2, 0.25) is 0 Å². The second-order valence-electron chi connectivity index (χ2n) is 6.20. The SMILES string of the molecule is CCN(c1cccc(C)c1)c1cc(C(=O)N2CCCCC2)ncn1. The van der Waals surface area contributed by atoms with Crippen LogP contribution in [-0.4, -0.2) is 40.4 Å². The van der Waals surface area contributed by atoms with Gasteiger partial charge in [-0.15, -0.1) is 0 Å². The number of carbonyl (C=O) groups is 1. The van der Waals surface area contributed by atoms with Gasteiger partial charge in [0.15, 0.2) is 0 Å². The molecule has 0 unspecified atom stereocenters. The zero-order chi connectivity index (χ0) is 16.9. The van der Waals surface area contributed by atoms with Crippen molar-refractivity contribution in [3.05, 3.63) is 47.9 Å². The minimum absolute atomic E-state index is 0.0126. The van der Waals surface area contributed by atoms with Gasteiger partial charge in [-0.25, -0.2) is 9.97 Å². The van der Waals surface area contributed by atoms with Crippen molar-refractivity contribution in [1.29, 1.82) is 0 Å². The Hall–Kier alpha value is -2.43. The molecule has 0 saturated carbocycles. The summed E-state index contributed by atoms with van der Waals surface area (Å²) < 4.78 is 0. The van der Waals surface area contributed by atoms with Gasteiger partial charge in [-0.2, -0.15) is 0 Å². The number of aromatic nitrogens is 2. The molecule has 1 aliphatic rings. The lowest BCUT2D eigenvalue weighted by molar-refractivity contribution is 0.0718. The van der Waals surface area contributed by atoms with Crippen molar-refractivity contribution >= 4 is 17.4 Å². The normalized spacial score (nSPS) is 14.5. The van der Waals surface area contributed by atoms with E-state index in [1.807, 2.05) is 17.0 Å². The van der Waals surface area contributed by atoms with Gasteiger partial charge >= 0.3 is 0 Å². The first-order valence-corrected chi connectivity index (χ1v) is 8.64. The van der Waals surface area contributed by atoms with Crippen LogP contribution in [0.4, 0.5) is 11.5 Å². The van der Waals surface area contributed by atoms with Crippen LogP contribution in [0.15, 0.2) is 36.7 Å². The lowest BCUT2D eigenvalue weighted by Gasteiger charge is -2.27. The van der Waals surface area contributed by atoms with E-state index < -0.39 is 0 Å². The van der Waals surface area contributed by atoms with E-state index in [4.69, 9.17) is 0 Å². The molecule has 1 fully saturated rings. The van der Waals surface area contributed by atoms with Crippen molar-refractivity contribution in [2.75, 3.05) is 24.5 Å². The molecule has 5 heteroatoms. The van der Waals surface area contributed by atoms with Crippen LogP contribution in [0, 0.1) is 6.92 Å². The van der Waals surface area contributed by atoms with Crippen molar-refractivity contribution in [2.45, 2.75) is 33.1 Å². The van der Waals surface area contributed by atoms with Gasteiger partial charge in [0, 0.05) is 31.4 Å². The number of nitrogens with zero attached hydrogens (tertiary/aromatic N) is 4. The number of piperidine rings is 1. The number of hydrogen-bond donors (Lipinski definition) is 0. The number of carbonyl (C=O) groups excluding carboxylic acids is 1. The summed E-state index contributed by atoms with van der Waals surface area (Å²) in [5.74, 6) is 0.775. The molecule has 0 atom stereocenters. The van der Waals surface area contributed by atoms with E-state index in [1.165, 1.54) is 18.3 Å². The van der Waals surface area contributed by atoms with E-state index in [2.05, 4.69) is 46.9 Å². The maximum absolute atomic E-state index is 12.7. The molecule has 0 spiro atoms. The monoisotopic (exact) mass is 324 g/mol. The zero-order valence-electron chi connectivity index (χ0n) is 14.4. The molecule has 3 rings (SSSR count). The topological polar surface area (TPSA) is 49.3 Å². The number of aryl methyl sites for hydroxylation is 1. The van der Waals surface area contributed by atoms with Crippen LogP contribution in [0.1, 0.15) is 42.2 Å². The van der Waals surface area contributed by atoms with E-state index in [9.17, 15) is 4.79 Å². The van der Waals surface area contributed by atoms with Crippen molar-refractivity contribution < 1.29 is 4.79 Å². The zero-order valence-corrected chi connectivity index (χ0v) is 14.4. The van der Waals surface area contributed by atoms with Gasteiger partial charge in [-0.1, -0.05) is 12.1 Å². The fraction of sp³-hybridized carbons (Fsp3) is 0.421. The molecule has 5 nitrogen and oxygen atoms in total. The van der Waals surface area contributed by atoms with E-state index in [0.29, 0.717) is 5.69 Å². The lowest BCUT2D eigenvalue weighted by atomic mass is 10.1. The smallest absolute Gasteiger partial charge is 0.272 e. The number of anilines is 2. The Bertz CT molecular complexity index is 710. The summed E-state index contributed by atoms with van der Waals surface area (Å²) in [6, 6.07) is 10.1. The highest BCUT2D eigenvalue weighted by Crippen LogP contribution is 2.24. The Morgan fingerprint density at radius 3 is 2.67 bits per heavy atom. The average Bonchev–Trinajstić information content (AvgIpc) is 2.63. The molecule has 0 bridgehead atoms. The summed E-state index contributed by atoms with van der Waals surface area (Å²) in [5, 5.41) is 0. The molecule has 0 aliphatic carbocycles. The molecule has 0 N–H and O–H groups in total. The molecule has 1 aromatic carbocycles. The molecule has 2 aromatic rings. The van der Waals surface area contributed by atoms with Crippen LogP contribution < -0.4 is 4.90 Å². The number of hydrogen-bond acceptors (Lipinski definition) is 4. The highest BCUT2D eigenvalue weighted by Gasteiger charge is 2.20. The number of benzene rings is 1. The summed E-state index contributed by atoms with van der Waals surface area (Å²) in [5.41, 5.74) is 2.75.